The van der Waals surface area contributed by atoms with Crippen LogP contribution in [0.3, 0.4) is 0 Å². The molecular weight excluding hydrogens is 449 g/mol. The molecule has 1 N–H and O–H groups in total. The molecule has 1 fully saturated rings. The molecule has 3 aliphatic heterocycles. The van der Waals surface area contributed by atoms with Crippen molar-refractivity contribution in [2.75, 3.05) is 24.5 Å². The Morgan fingerprint density at radius 3 is 2.94 bits per heavy atom. The molecular formula is C27H30FN3S2. The third-order valence-corrected chi connectivity index (χ3v) is 8.86. The van der Waals surface area contributed by atoms with Gasteiger partial charge in [0.1, 0.15) is 5.82 Å². The lowest BCUT2D eigenvalue weighted by Gasteiger charge is -2.36. The highest BCUT2D eigenvalue weighted by atomic mass is 33.1. The average Bonchev–Trinajstić information content (AvgIpc) is 2.93. The van der Waals surface area contributed by atoms with E-state index in [1.54, 1.807) is 12.1 Å². The molecule has 0 amide bonds. The number of allylic oxidation sites excluding steroid dienone is 1. The normalized spacial score (nSPS) is 18.5. The highest BCUT2D eigenvalue weighted by molar-refractivity contribution is 8.78. The summed E-state index contributed by atoms with van der Waals surface area (Å²) in [6.07, 6.45) is 7.30. The van der Waals surface area contributed by atoms with Gasteiger partial charge in [0.05, 0.1) is 11.4 Å². The summed E-state index contributed by atoms with van der Waals surface area (Å²) >= 11 is 0. The zero-order chi connectivity index (χ0) is 22.8. The summed E-state index contributed by atoms with van der Waals surface area (Å²) in [5.41, 5.74) is 6.04. The van der Waals surface area contributed by atoms with Gasteiger partial charge in [-0.15, -0.1) is 0 Å². The predicted molar refractivity (Wildman–Crippen MR) is 140 cm³/mol. The van der Waals surface area contributed by atoms with Crippen molar-refractivity contribution >= 4 is 33.4 Å². The zero-order valence-corrected chi connectivity index (χ0v) is 20.8. The van der Waals surface area contributed by atoms with Crippen LogP contribution in [0.5, 0.6) is 0 Å². The second kappa shape index (κ2) is 10.1. The number of benzene rings is 1. The third-order valence-electron chi connectivity index (χ3n) is 6.28. The highest BCUT2D eigenvalue weighted by Gasteiger charge is 2.32. The minimum atomic E-state index is -0.154. The number of piperazine rings is 1. The SMILES string of the molecule is CC(C)CC1=Cc2c(c3ccccnc-3c2N2CCN[C@@H](CCc3cccc(F)c3)C2)SS1. The predicted octanol–water partition coefficient (Wildman–Crippen LogP) is 6.88. The topological polar surface area (TPSA) is 28.2 Å². The Balaban J connectivity index is 1.44. The Morgan fingerprint density at radius 1 is 1.18 bits per heavy atom. The molecule has 0 unspecified atom stereocenters. The number of rotatable bonds is 6. The number of nitrogens with one attached hydrogen (secondary N) is 1. The first-order valence-electron chi connectivity index (χ1n) is 11.8. The number of anilines is 1. The van der Waals surface area contributed by atoms with Crippen LogP contribution in [0.1, 0.15) is 37.8 Å². The lowest BCUT2D eigenvalue weighted by Crippen LogP contribution is -2.51. The lowest BCUT2D eigenvalue weighted by molar-refractivity contribution is 0.434. The van der Waals surface area contributed by atoms with E-state index in [0.29, 0.717) is 12.0 Å². The van der Waals surface area contributed by atoms with Gasteiger partial charge < -0.3 is 10.2 Å². The molecule has 0 saturated carbocycles. The summed E-state index contributed by atoms with van der Waals surface area (Å²) in [4.78, 5) is 10.2. The fourth-order valence-electron chi connectivity index (χ4n) is 4.79. The van der Waals surface area contributed by atoms with Gasteiger partial charge in [0.2, 0.25) is 0 Å². The Hall–Kier alpha value is -2.02. The number of nitrogens with zero attached hydrogens (tertiary/aromatic N) is 2. The summed E-state index contributed by atoms with van der Waals surface area (Å²) in [5, 5.41) is 3.68. The maximum atomic E-state index is 13.6. The van der Waals surface area contributed by atoms with Crippen LogP contribution in [0.2, 0.25) is 0 Å². The molecule has 5 rings (SSSR count). The summed E-state index contributed by atoms with van der Waals surface area (Å²) < 4.78 is 13.6. The van der Waals surface area contributed by atoms with Gasteiger partial charge in [0.25, 0.3) is 0 Å². The highest BCUT2D eigenvalue weighted by Crippen LogP contribution is 2.56. The number of hydrogen-bond donors (Lipinski definition) is 1. The summed E-state index contributed by atoms with van der Waals surface area (Å²) in [6, 6.07) is 13.7. The van der Waals surface area contributed by atoms with Gasteiger partial charge in [-0.3, -0.25) is 4.98 Å². The van der Waals surface area contributed by atoms with Crippen LogP contribution in [-0.4, -0.2) is 30.7 Å². The average molecular weight is 480 g/mol. The fraction of sp³-hybridized carbons (Fsp3) is 0.370. The van der Waals surface area contributed by atoms with E-state index in [4.69, 9.17) is 4.98 Å². The first-order valence-corrected chi connectivity index (χ1v) is 13.9. The molecule has 0 aromatic heterocycles. The molecule has 172 valence electrons. The van der Waals surface area contributed by atoms with Crippen molar-refractivity contribution in [2.45, 2.75) is 44.0 Å². The van der Waals surface area contributed by atoms with E-state index in [0.717, 1.165) is 50.2 Å². The Morgan fingerprint density at radius 2 is 2.09 bits per heavy atom. The van der Waals surface area contributed by atoms with Crippen LogP contribution in [0.4, 0.5) is 10.1 Å². The standard InChI is InChI=1S/C27H30FN3S2/c1-18(2)14-22-16-24-26(25-23(27(24)33-32-22)8-3-4-11-30-25)31-13-12-29-21(17-31)10-9-19-6-5-7-20(28)15-19/h3-8,11,15-16,18,21,29H,9-10,12-14,17H2,1-2H3/t21-/m0/s1. The van der Waals surface area contributed by atoms with Crippen molar-refractivity contribution in [1.29, 1.82) is 0 Å². The van der Waals surface area contributed by atoms with E-state index in [1.807, 2.05) is 39.9 Å². The van der Waals surface area contributed by atoms with Crippen molar-refractivity contribution in [1.82, 2.24) is 10.3 Å². The summed E-state index contributed by atoms with van der Waals surface area (Å²) in [6.45, 7) is 7.41. The quantitative estimate of drug-likeness (QED) is 0.389. The molecule has 1 atom stereocenters. The Kier molecular flexibility index (Phi) is 6.95. The molecule has 1 aromatic rings. The van der Waals surface area contributed by atoms with Crippen LogP contribution in [0.15, 0.2) is 58.5 Å². The monoisotopic (exact) mass is 479 g/mol. The minimum absolute atomic E-state index is 0.154. The second-order valence-corrected chi connectivity index (χ2v) is 11.6. The third kappa shape index (κ3) is 5.08. The van der Waals surface area contributed by atoms with Crippen LogP contribution < -0.4 is 10.2 Å². The van der Waals surface area contributed by atoms with Gasteiger partial charge in [-0.05, 0) is 59.9 Å². The zero-order valence-electron chi connectivity index (χ0n) is 19.2. The van der Waals surface area contributed by atoms with Crippen molar-refractivity contribution in [3.05, 3.63) is 70.5 Å². The van der Waals surface area contributed by atoms with E-state index < -0.39 is 0 Å². The van der Waals surface area contributed by atoms with Gasteiger partial charge in [0.15, 0.2) is 0 Å². The van der Waals surface area contributed by atoms with Crippen LogP contribution in [-0.2, 0) is 6.42 Å². The van der Waals surface area contributed by atoms with Gasteiger partial charge in [0, 0.05) is 47.9 Å². The van der Waals surface area contributed by atoms with Crippen molar-refractivity contribution in [2.24, 2.45) is 5.92 Å². The maximum Gasteiger partial charge on any atom is 0.123 e. The molecule has 3 nitrogen and oxygen atoms in total. The van der Waals surface area contributed by atoms with Gasteiger partial charge in [-0.25, -0.2) is 4.39 Å². The van der Waals surface area contributed by atoms with E-state index in [9.17, 15) is 4.39 Å². The molecule has 0 spiro atoms. The lowest BCUT2D eigenvalue weighted by atomic mass is 10.0. The molecule has 1 saturated heterocycles. The smallest absolute Gasteiger partial charge is 0.123 e. The number of hydrogen-bond acceptors (Lipinski definition) is 5. The number of halogens is 1. The van der Waals surface area contributed by atoms with Crippen molar-refractivity contribution < 1.29 is 4.39 Å². The largest absolute Gasteiger partial charge is 0.366 e. The van der Waals surface area contributed by atoms with E-state index in [1.165, 1.54) is 32.7 Å². The second-order valence-electron chi connectivity index (χ2n) is 9.32. The van der Waals surface area contributed by atoms with Crippen molar-refractivity contribution in [3.63, 3.8) is 0 Å². The van der Waals surface area contributed by atoms with Crippen LogP contribution in [0.25, 0.3) is 17.3 Å². The first-order chi connectivity index (χ1) is 16.1. The number of fused-ring (bicyclic) bond motifs is 3. The van der Waals surface area contributed by atoms with Gasteiger partial charge in [-0.2, -0.15) is 0 Å². The molecule has 3 heterocycles. The van der Waals surface area contributed by atoms with Gasteiger partial charge >= 0.3 is 0 Å². The van der Waals surface area contributed by atoms with Crippen LogP contribution >= 0.6 is 21.6 Å². The maximum absolute atomic E-state index is 13.6. The summed E-state index contributed by atoms with van der Waals surface area (Å²) in [7, 11) is 3.79. The van der Waals surface area contributed by atoms with E-state index >= 15 is 0 Å². The summed E-state index contributed by atoms with van der Waals surface area (Å²) in [5.74, 6) is 0.486. The minimum Gasteiger partial charge on any atom is -0.366 e. The fourth-order valence-corrected chi connectivity index (χ4v) is 7.51. The molecule has 4 aliphatic rings. The Labute approximate surface area is 204 Å². The van der Waals surface area contributed by atoms with E-state index in [-0.39, 0.29) is 5.82 Å². The molecule has 6 heteroatoms. The molecule has 1 aromatic carbocycles. The molecule has 1 aliphatic carbocycles. The van der Waals surface area contributed by atoms with Crippen LogP contribution in [0, 0.1) is 11.7 Å². The van der Waals surface area contributed by atoms with Crippen molar-refractivity contribution in [3.8, 4) is 11.3 Å². The molecule has 33 heavy (non-hydrogen) atoms. The van der Waals surface area contributed by atoms with E-state index in [2.05, 4.69) is 42.3 Å². The van der Waals surface area contributed by atoms with Gasteiger partial charge in [-0.1, -0.05) is 59.7 Å². The molecule has 0 radical (unpaired) electrons. The Bertz CT molecular complexity index is 1130. The number of aromatic nitrogens is 1. The first kappa shape index (κ1) is 22.8. The molecule has 0 bridgehead atoms. The number of aryl methyl sites for hydroxylation is 1.